The van der Waals surface area contributed by atoms with E-state index in [-0.39, 0.29) is 13.2 Å². The number of hydrogen-bond donors (Lipinski definition) is 1. The van der Waals surface area contributed by atoms with Crippen LogP contribution in [0.1, 0.15) is 12.8 Å². The number of aliphatic hydroxyl groups excluding tert-OH is 1. The summed E-state index contributed by atoms with van der Waals surface area (Å²) in [5.74, 6) is 0. The molecule has 0 aromatic rings. The summed E-state index contributed by atoms with van der Waals surface area (Å²) in [5.41, 5.74) is -0.876. The van der Waals surface area contributed by atoms with Crippen molar-refractivity contribution in [2.75, 3.05) is 19.7 Å². The molecule has 2 rings (SSSR count). The van der Waals surface area contributed by atoms with E-state index in [9.17, 15) is 8.78 Å². The van der Waals surface area contributed by atoms with Crippen molar-refractivity contribution in [3.8, 4) is 0 Å². The molecule has 2 heterocycles. The average Bonchev–Trinajstić information content (AvgIpc) is 2.55. The van der Waals surface area contributed by atoms with Crippen molar-refractivity contribution >= 4 is 0 Å². The Morgan fingerprint density at radius 3 is 2.83 bits per heavy atom. The van der Waals surface area contributed by atoms with Crippen molar-refractivity contribution in [1.29, 1.82) is 0 Å². The van der Waals surface area contributed by atoms with Crippen LogP contribution in [0.2, 0.25) is 0 Å². The van der Waals surface area contributed by atoms with Gasteiger partial charge in [0, 0.05) is 6.54 Å². The molecule has 2 saturated heterocycles. The largest absolute Gasteiger partial charge is 0.394 e. The molecule has 0 spiro atoms. The van der Waals surface area contributed by atoms with E-state index < -0.39 is 17.9 Å². The zero-order valence-electron chi connectivity index (χ0n) is 6.84. The molecule has 2 aliphatic heterocycles. The number of rotatable bonds is 1. The van der Waals surface area contributed by atoms with Crippen LogP contribution in [0, 0.1) is 0 Å². The van der Waals surface area contributed by atoms with E-state index in [0.717, 1.165) is 13.0 Å². The van der Waals surface area contributed by atoms with Gasteiger partial charge in [-0.05, 0) is 19.4 Å². The molecular formula is C8H13F2NO. The summed E-state index contributed by atoms with van der Waals surface area (Å²) in [6.45, 7) is 0.623. The van der Waals surface area contributed by atoms with Gasteiger partial charge in [-0.15, -0.1) is 0 Å². The van der Waals surface area contributed by atoms with E-state index in [4.69, 9.17) is 5.11 Å². The Morgan fingerprint density at radius 1 is 1.50 bits per heavy atom. The molecule has 0 aromatic carbocycles. The smallest absolute Gasteiger partial charge is 0.153 e. The molecule has 0 unspecified atom stereocenters. The van der Waals surface area contributed by atoms with Crippen LogP contribution < -0.4 is 0 Å². The second kappa shape index (κ2) is 2.64. The lowest BCUT2D eigenvalue weighted by molar-refractivity contribution is 0.0408. The lowest BCUT2D eigenvalue weighted by atomic mass is 9.93. The molecule has 0 saturated carbocycles. The molecule has 0 amide bonds. The lowest BCUT2D eigenvalue weighted by Crippen LogP contribution is -2.48. The summed E-state index contributed by atoms with van der Waals surface area (Å²) in [5, 5.41) is 9.07. The summed E-state index contributed by atoms with van der Waals surface area (Å²) < 4.78 is 26.3. The Morgan fingerprint density at radius 2 is 2.25 bits per heavy atom. The summed E-state index contributed by atoms with van der Waals surface area (Å²) >= 11 is 0. The zero-order valence-corrected chi connectivity index (χ0v) is 6.84. The van der Waals surface area contributed by atoms with E-state index in [0.29, 0.717) is 6.42 Å². The molecule has 70 valence electrons. The predicted molar refractivity (Wildman–Crippen MR) is 40.4 cm³/mol. The van der Waals surface area contributed by atoms with Crippen LogP contribution in [-0.4, -0.2) is 47.6 Å². The first kappa shape index (κ1) is 8.38. The van der Waals surface area contributed by atoms with Gasteiger partial charge in [0.25, 0.3) is 0 Å². The molecule has 0 aromatic heterocycles. The van der Waals surface area contributed by atoms with E-state index in [2.05, 4.69) is 0 Å². The van der Waals surface area contributed by atoms with Crippen LogP contribution in [0.15, 0.2) is 0 Å². The van der Waals surface area contributed by atoms with Gasteiger partial charge in [-0.1, -0.05) is 0 Å². The van der Waals surface area contributed by atoms with Gasteiger partial charge in [0.2, 0.25) is 0 Å². The maximum absolute atomic E-state index is 13.4. The van der Waals surface area contributed by atoms with Gasteiger partial charge >= 0.3 is 0 Å². The summed E-state index contributed by atoms with van der Waals surface area (Å²) in [6.07, 6.45) is -1.44. The fraction of sp³-hybridized carbons (Fsp3) is 1.00. The monoisotopic (exact) mass is 177 g/mol. The van der Waals surface area contributed by atoms with Gasteiger partial charge in [0.15, 0.2) is 6.17 Å². The van der Waals surface area contributed by atoms with Crippen molar-refractivity contribution in [1.82, 2.24) is 4.90 Å². The van der Waals surface area contributed by atoms with Crippen LogP contribution in [0.25, 0.3) is 0 Å². The van der Waals surface area contributed by atoms with Gasteiger partial charge in [-0.2, -0.15) is 0 Å². The van der Waals surface area contributed by atoms with Gasteiger partial charge in [-0.25, -0.2) is 8.78 Å². The first-order chi connectivity index (χ1) is 5.70. The Hall–Kier alpha value is -0.220. The highest BCUT2D eigenvalue weighted by Gasteiger charge is 2.56. The standard InChI is InChI=1S/C8H13F2NO/c9-6-4-11-3-1-2-8(11,5-12)7(6)10/h6-7,12H,1-5H2/t6-,7-,8+/m0/s1. The zero-order chi connectivity index (χ0) is 8.77. The lowest BCUT2D eigenvalue weighted by Gasteiger charge is -2.30. The second-order valence-corrected chi connectivity index (χ2v) is 3.73. The number of nitrogens with zero attached hydrogens (tertiary/aromatic N) is 1. The van der Waals surface area contributed by atoms with E-state index in [1.165, 1.54) is 0 Å². The van der Waals surface area contributed by atoms with Crippen molar-refractivity contribution in [3.05, 3.63) is 0 Å². The number of aliphatic hydroxyl groups is 1. The fourth-order valence-corrected chi connectivity index (χ4v) is 2.45. The molecule has 0 bridgehead atoms. The predicted octanol–water partition coefficient (Wildman–Crippen LogP) is 0.503. The third-order valence-electron chi connectivity index (χ3n) is 3.17. The number of halogens is 2. The first-order valence-corrected chi connectivity index (χ1v) is 4.35. The quantitative estimate of drug-likeness (QED) is 0.630. The minimum atomic E-state index is -1.50. The topological polar surface area (TPSA) is 23.5 Å². The minimum absolute atomic E-state index is 0.154. The molecule has 0 aliphatic carbocycles. The van der Waals surface area contributed by atoms with Crippen LogP contribution in [0.5, 0.6) is 0 Å². The van der Waals surface area contributed by atoms with Gasteiger partial charge in [0.1, 0.15) is 6.17 Å². The van der Waals surface area contributed by atoms with Crippen molar-refractivity contribution < 1.29 is 13.9 Å². The van der Waals surface area contributed by atoms with Crippen LogP contribution in [-0.2, 0) is 0 Å². The normalized spacial score (nSPS) is 48.2. The van der Waals surface area contributed by atoms with Crippen molar-refractivity contribution in [3.63, 3.8) is 0 Å². The highest BCUT2D eigenvalue weighted by Crippen LogP contribution is 2.41. The molecule has 3 atom stereocenters. The molecular weight excluding hydrogens is 164 g/mol. The van der Waals surface area contributed by atoms with Crippen LogP contribution in [0.3, 0.4) is 0 Å². The second-order valence-electron chi connectivity index (χ2n) is 3.73. The van der Waals surface area contributed by atoms with Crippen molar-refractivity contribution in [2.45, 2.75) is 30.7 Å². The van der Waals surface area contributed by atoms with Gasteiger partial charge in [0.05, 0.1) is 12.1 Å². The first-order valence-electron chi connectivity index (χ1n) is 4.35. The maximum atomic E-state index is 13.4. The molecule has 2 nitrogen and oxygen atoms in total. The number of alkyl halides is 2. The van der Waals surface area contributed by atoms with Gasteiger partial charge < -0.3 is 5.11 Å². The minimum Gasteiger partial charge on any atom is -0.394 e. The maximum Gasteiger partial charge on any atom is 0.153 e. The van der Waals surface area contributed by atoms with Crippen LogP contribution in [0.4, 0.5) is 8.78 Å². The van der Waals surface area contributed by atoms with E-state index >= 15 is 0 Å². The van der Waals surface area contributed by atoms with E-state index in [1.54, 1.807) is 4.90 Å². The summed E-state index contributed by atoms with van der Waals surface area (Å²) in [4.78, 5) is 1.75. The molecule has 4 heteroatoms. The van der Waals surface area contributed by atoms with E-state index in [1.807, 2.05) is 0 Å². The molecule has 2 fully saturated rings. The Balaban J connectivity index is 2.25. The van der Waals surface area contributed by atoms with Crippen LogP contribution >= 0.6 is 0 Å². The average molecular weight is 177 g/mol. The number of fused-ring (bicyclic) bond motifs is 1. The third-order valence-corrected chi connectivity index (χ3v) is 3.17. The Kier molecular flexibility index (Phi) is 1.84. The number of hydrogen-bond acceptors (Lipinski definition) is 2. The Bertz CT molecular complexity index is 186. The fourth-order valence-electron chi connectivity index (χ4n) is 2.45. The highest BCUT2D eigenvalue weighted by molar-refractivity contribution is 5.09. The van der Waals surface area contributed by atoms with Crippen molar-refractivity contribution in [2.24, 2.45) is 0 Å². The summed E-state index contributed by atoms with van der Waals surface area (Å²) in [7, 11) is 0. The summed E-state index contributed by atoms with van der Waals surface area (Å²) in [6, 6.07) is 0. The highest BCUT2D eigenvalue weighted by atomic mass is 19.2. The molecule has 12 heavy (non-hydrogen) atoms. The molecule has 2 aliphatic rings. The third kappa shape index (κ3) is 0.850. The molecule has 0 radical (unpaired) electrons. The molecule has 1 N–H and O–H groups in total. The SMILES string of the molecule is OC[C@@]12CCCN1C[C@H](F)[C@@H]2F. The van der Waals surface area contributed by atoms with Gasteiger partial charge in [-0.3, -0.25) is 4.90 Å². The Labute approximate surface area is 70.2 Å².